The molecule has 0 aliphatic carbocycles. The van der Waals surface area contributed by atoms with Gasteiger partial charge in [-0.25, -0.2) is 4.39 Å². The molecule has 21 heavy (non-hydrogen) atoms. The van der Waals surface area contributed by atoms with Gasteiger partial charge in [0.25, 0.3) is 5.91 Å². The lowest BCUT2D eigenvalue weighted by Gasteiger charge is -2.12. The molecule has 0 aromatic heterocycles. The molecular formula is C15H12BrClFNO2. The number of hydrogen-bond acceptors (Lipinski definition) is 2. The fourth-order valence-corrected chi connectivity index (χ4v) is 2.78. The van der Waals surface area contributed by atoms with Crippen molar-refractivity contribution >= 4 is 39.1 Å². The van der Waals surface area contributed by atoms with E-state index in [0.717, 1.165) is 10.0 Å². The Balaban J connectivity index is 2.01. The van der Waals surface area contributed by atoms with Gasteiger partial charge in [0.15, 0.2) is 6.61 Å². The van der Waals surface area contributed by atoms with E-state index in [0.29, 0.717) is 10.8 Å². The number of benzene rings is 2. The molecule has 2 aromatic carbocycles. The van der Waals surface area contributed by atoms with E-state index in [1.54, 1.807) is 18.2 Å². The van der Waals surface area contributed by atoms with Crippen molar-refractivity contribution in [3.8, 4) is 5.75 Å². The van der Waals surface area contributed by atoms with Gasteiger partial charge in [0, 0.05) is 4.47 Å². The summed E-state index contributed by atoms with van der Waals surface area (Å²) in [5.41, 5.74) is 0.915. The highest BCUT2D eigenvalue weighted by Gasteiger charge is 2.11. The van der Waals surface area contributed by atoms with E-state index in [-0.39, 0.29) is 12.3 Å². The molecule has 2 aromatic rings. The highest BCUT2D eigenvalue weighted by molar-refractivity contribution is 9.10. The summed E-state index contributed by atoms with van der Waals surface area (Å²) in [6, 6.07) is 9.44. The SMILES string of the molecule is Cc1cc(Br)cc(Cl)c1OCC(=O)Nc1ccccc1F. The third kappa shape index (κ3) is 4.19. The zero-order valence-electron chi connectivity index (χ0n) is 11.1. The summed E-state index contributed by atoms with van der Waals surface area (Å²) in [5.74, 6) is -0.522. The lowest BCUT2D eigenvalue weighted by molar-refractivity contribution is -0.118. The number of aryl methyl sites for hydroxylation is 1. The van der Waals surface area contributed by atoms with Crippen molar-refractivity contribution in [1.82, 2.24) is 0 Å². The summed E-state index contributed by atoms with van der Waals surface area (Å²) in [5, 5.41) is 2.84. The molecule has 3 nitrogen and oxygen atoms in total. The normalized spacial score (nSPS) is 10.3. The van der Waals surface area contributed by atoms with Gasteiger partial charge in [-0.05, 0) is 36.8 Å². The second-order valence-electron chi connectivity index (χ2n) is 4.35. The quantitative estimate of drug-likeness (QED) is 0.854. The number of anilines is 1. The molecule has 1 amide bonds. The highest BCUT2D eigenvalue weighted by Crippen LogP contribution is 2.31. The second-order valence-corrected chi connectivity index (χ2v) is 5.67. The molecule has 0 saturated heterocycles. The molecule has 0 bridgehead atoms. The fraction of sp³-hybridized carbons (Fsp3) is 0.133. The van der Waals surface area contributed by atoms with Gasteiger partial charge in [-0.2, -0.15) is 0 Å². The maximum atomic E-state index is 13.4. The van der Waals surface area contributed by atoms with Gasteiger partial charge in [0.2, 0.25) is 0 Å². The molecule has 0 fully saturated rings. The largest absolute Gasteiger partial charge is 0.482 e. The van der Waals surface area contributed by atoms with Crippen LogP contribution in [0.25, 0.3) is 0 Å². The number of hydrogen-bond donors (Lipinski definition) is 1. The van der Waals surface area contributed by atoms with E-state index in [2.05, 4.69) is 21.2 Å². The maximum absolute atomic E-state index is 13.4. The van der Waals surface area contributed by atoms with Gasteiger partial charge in [0.1, 0.15) is 11.6 Å². The van der Waals surface area contributed by atoms with Gasteiger partial charge < -0.3 is 10.1 Å². The first-order valence-corrected chi connectivity index (χ1v) is 7.27. The molecule has 2 rings (SSSR count). The van der Waals surface area contributed by atoms with Gasteiger partial charge in [-0.3, -0.25) is 4.79 Å². The van der Waals surface area contributed by atoms with Crippen LogP contribution in [-0.2, 0) is 4.79 Å². The highest BCUT2D eigenvalue weighted by atomic mass is 79.9. The van der Waals surface area contributed by atoms with Crippen molar-refractivity contribution in [2.24, 2.45) is 0 Å². The predicted molar refractivity (Wildman–Crippen MR) is 84.4 cm³/mol. The Morgan fingerprint density at radius 2 is 2.10 bits per heavy atom. The lowest BCUT2D eigenvalue weighted by Crippen LogP contribution is -2.21. The van der Waals surface area contributed by atoms with E-state index < -0.39 is 11.7 Å². The summed E-state index contributed by atoms with van der Waals surface area (Å²) in [4.78, 5) is 11.8. The number of carbonyl (C=O) groups is 1. The number of amides is 1. The van der Waals surface area contributed by atoms with Gasteiger partial charge in [-0.15, -0.1) is 0 Å². The third-order valence-electron chi connectivity index (χ3n) is 2.69. The Hall–Kier alpha value is -1.59. The number of rotatable bonds is 4. The number of ether oxygens (including phenoxy) is 1. The van der Waals surface area contributed by atoms with Gasteiger partial charge >= 0.3 is 0 Å². The first-order valence-electron chi connectivity index (χ1n) is 6.10. The second kappa shape index (κ2) is 6.91. The smallest absolute Gasteiger partial charge is 0.262 e. The van der Waals surface area contributed by atoms with Crippen LogP contribution < -0.4 is 10.1 Å². The van der Waals surface area contributed by atoms with Crippen LogP contribution in [0.2, 0.25) is 5.02 Å². The number of para-hydroxylation sites is 1. The first-order chi connectivity index (χ1) is 9.97. The minimum atomic E-state index is -0.497. The van der Waals surface area contributed by atoms with Crippen molar-refractivity contribution in [2.45, 2.75) is 6.92 Å². The summed E-state index contributed by atoms with van der Waals surface area (Å²) < 4.78 is 19.6. The molecular weight excluding hydrogens is 361 g/mol. The minimum absolute atomic E-state index is 0.115. The molecule has 0 aliphatic heterocycles. The van der Waals surface area contributed by atoms with Gasteiger partial charge in [0.05, 0.1) is 10.7 Å². The monoisotopic (exact) mass is 371 g/mol. The molecule has 0 unspecified atom stereocenters. The molecule has 0 aliphatic rings. The minimum Gasteiger partial charge on any atom is -0.482 e. The molecule has 1 N–H and O–H groups in total. The molecule has 0 heterocycles. The van der Waals surface area contributed by atoms with Gasteiger partial charge in [-0.1, -0.05) is 39.7 Å². The molecule has 0 spiro atoms. The molecule has 6 heteroatoms. The van der Waals surface area contributed by atoms with Crippen LogP contribution in [0.5, 0.6) is 5.75 Å². The van der Waals surface area contributed by atoms with Crippen molar-refractivity contribution in [2.75, 3.05) is 11.9 Å². The van der Waals surface area contributed by atoms with Crippen LogP contribution in [0.4, 0.5) is 10.1 Å². The Labute approximate surface area is 135 Å². The van der Waals surface area contributed by atoms with E-state index in [1.165, 1.54) is 12.1 Å². The maximum Gasteiger partial charge on any atom is 0.262 e. The fourth-order valence-electron chi connectivity index (χ4n) is 1.76. The van der Waals surface area contributed by atoms with E-state index in [4.69, 9.17) is 16.3 Å². The first kappa shape index (κ1) is 15.8. The topological polar surface area (TPSA) is 38.3 Å². The average molecular weight is 373 g/mol. The van der Waals surface area contributed by atoms with Crippen LogP contribution >= 0.6 is 27.5 Å². The molecule has 0 radical (unpaired) electrons. The van der Waals surface area contributed by atoms with E-state index in [1.807, 2.05) is 13.0 Å². The van der Waals surface area contributed by atoms with Crippen LogP contribution in [0.15, 0.2) is 40.9 Å². The number of halogens is 3. The standard InChI is InChI=1S/C15H12BrClFNO2/c1-9-6-10(16)7-11(17)15(9)21-8-14(20)19-13-5-3-2-4-12(13)18/h2-7H,8H2,1H3,(H,19,20). The Kier molecular flexibility index (Phi) is 5.20. The van der Waals surface area contributed by atoms with Crippen LogP contribution in [0.3, 0.4) is 0 Å². The van der Waals surface area contributed by atoms with Crippen molar-refractivity contribution in [3.05, 3.63) is 57.3 Å². The predicted octanol–water partition coefficient (Wildman–Crippen LogP) is 4.57. The molecule has 0 saturated carbocycles. The Morgan fingerprint density at radius 1 is 1.38 bits per heavy atom. The van der Waals surface area contributed by atoms with Crippen molar-refractivity contribution in [1.29, 1.82) is 0 Å². The summed E-state index contributed by atoms with van der Waals surface area (Å²) in [7, 11) is 0. The Morgan fingerprint density at radius 3 is 2.76 bits per heavy atom. The third-order valence-corrected chi connectivity index (χ3v) is 3.43. The van der Waals surface area contributed by atoms with E-state index in [9.17, 15) is 9.18 Å². The molecule has 110 valence electrons. The Bertz CT molecular complexity index is 655. The summed E-state index contributed by atoms with van der Waals surface area (Å²) in [6.45, 7) is 1.57. The van der Waals surface area contributed by atoms with Crippen molar-refractivity contribution in [3.63, 3.8) is 0 Å². The summed E-state index contributed by atoms with van der Waals surface area (Å²) in [6.07, 6.45) is 0. The average Bonchev–Trinajstić information content (AvgIpc) is 2.40. The number of carbonyl (C=O) groups excluding carboxylic acids is 1. The van der Waals surface area contributed by atoms with E-state index >= 15 is 0 Å². The van der Waals surface area contributed by atoms with Crippen LogP contribution in [-0.4, -0.2) is 12.5 Å². The lowest BCUT2D eigenvalue weighted by atomic mass is 10.2. The van der Waals surface area contributed by atoms with Crippen molar-refractivity contribution < 1.29 is 13.9 Å². The molecule has 0 atom stereocenters. The van der Waals surface area contributed by atoms with Crippen LogP contribution in [0.1, 0.15) is 5.56 Å². The zero-order valence-corrected chi connectivity index (χ0v) is 13.5. The summed E-state index contributed by atoms with van der Waals surface area (Å²) >= 11 is 9.38. The number of nitrogens with one attached hydrogen (secondary N) is 1. The zero-order chi connectivity index (χ0) is 15.4. The van der Waals surface area contributed by atoms with Crippen LogP contribution in [0, 0.1) is 12.7 Å².